The summed E-state index contributed by atoms with van der Waals surface area (Å²) >= 11 is 8.51. The van der Waals surface area contributed by atoms with Crippen molar-refractivity contribution in [2.24, 2.45) is 11.5 Å². The average molecular weight is 719 g/mol. The van der Waals surface area contributed by atoms with Gasteiger partial charge in [0.2, 0.25) is 0 Å². The number of aliphatic carboxylic acids is 2. The molecule has 2 atom stereocenters. The molecule has 0 aromatic carbocycles. The highest BCUT2D eigenvalue weighted by atomic mass is 79.9. The van der Waals surface area contributed by atoms with E-state index in [9.17, 15) is 43.5 Å². The maximum Gasteiger partial charge on any atom is 0.353 e. The van der Waals surface area contributed by atoms with E-state index in [1.165, 1.54) is 0 Å². The topological polar surface area (TPSA) is 245 Å². The van der Waals surface area contributed by atoms with Crippen molar-refractivity contribution >= 4 is 95.3 Å². The number of carbonyl (C=O) groups excluding carboxylic acids is 6. The Hall–Kier alpha value is -3.06. The summed E-state index contributed by atoms with van der Waals surface area (Å²) in [6.45, 7) is -0.625. The van der Waals surface area contributed by atoms with Gasteiger partial charge in [-0.1, -0.05) is 7.43 Å². The summed E-state index contributed by atoms with van der Waals surface area (Å²) < 4.78 is 4.13. The van der Waals surface area contributed by atoms with Crippen LogP contribution >= 0.6 is 47.8 Å². The summed E-state index contributed by atoms with van der Waals surface area (Å²) in [5.74, 6) is -6.89. The van der Waals surface area contributed by atoms with Gasteiger partial charge >= 0.3 is 23.9 Å². The van der Waals surface area contributed by atoms with Gasteiger partial charge in [0.25, 0.3) is 23.6 Å². The largest absolute Gasteiger partial charge is 0.480 e. The van der Waals surface area contributed by atoms with Gasteiger partial charge in [-0.05, 0) is 47.8 Å². The summed E-state index contributed by atoms with van der Waals surface area (Å²) in [5, 5.41) is 17.2. The van der Waals surface area contributed by atoms with Crippen molar-refractivity contribution in [1.82, 2.24) is 9.80 Å². The number of rotatable bonds is 6. The lowest BCUT2D eigenvalue weighted by atomic mass is 10.2. The summed E-state index contributed by atoms with van der Waals surface area (Å²) in [6.07, 6.45) is 3.01. The highest BCUT2D eigenvalue weighted by Crippen LogP contribution is 2.24. The van der Waals surface area contributed by atoms with E-state index in [1.54, 1.807) is 0 Å². The standard InChI is InChI=1S/C11H6Br2N2O6.C4HBrO3.C3H8N2O2.CH4/c12-4-1-7(16)14(9(4)18)3-6(11(20)21)15-8(17)2-5(13)10(15)19;5-2-1-3(6)8-4(2)7;4-1-2(5)3(6)7;/h1-2,6H,3H2,(H,20,21);1H;2H,1,4-5H2,(H,6,7);1H4. The maximum absolute atomic E-state index is 11.8. The number of esters is 2. The molecule has 0 saturated heterocycles. The van der Waals surface area contributed by atoms with Gasteiger partial charge < -0.3 is 26.4 Å². The van der Waals surface area contributed by atoms with Crippen LogP contribution < -0.4 is 11.5 Å². The van der Waals surface area contributed by atoms with Crippen LogP contribution in [0.2, 0.25) is 0 Å². The van der Waals surface area contributed by atoms with Gasteiger partial charge in [-0.15, -0.1) is 0 Å². The first-order valence-electron chi connectivity index (χ1n) is 9.14. The number of halogens is 3. The van der Waals surface area contributed by atoms with E-state index in [0.29, 0.717) is 9.80 Å². The second-order valence-electron chi connectivity index (χ2n) is 6.49. The molecule has 37 heavy (non-hydrogen) atoms. The summed E-state index contributed by atoms with van der Waals surface area (Å²) in [6, 6.07) is -2.56. The highest BCUT2D eigenvalue weighted by Gasteiger charge is 2.43. The Bertz CT molecular complexity index is 1130. The molecule has 18 heteroatoms. The number of hydrogen-bond acceptors (Lipinski definition) is 11. The van der Waals surface area contributed by atoms with Crippen molar-refractivity contribution < 1.29 is 53.3 Å². The summed E-state index contributed by atoms with van der Waals surface area (Å²) in [4.78, 5) is 89.2. The first-order chi connectivity index (χ1) is 16.6. The fraction of sp³-hybridized carbons (Fsp3) is 0.263. The normalized spacial score (nSPS) is 17.9. The molecule has 0 radical (unpaired) electrons. The van der Waals surface area contributed by atoms with Crippen LogP contribution in [-0.2, 0) is 43.1 Å². The van der Waals surface area contributed by atoms with Gasteiger partial charge in [0, 0.05) is 24.8 Å². The first-order valence-corrected chi connectivity index (χ1v) is 11.5. The Morgan fingerprint density at radius 2 is 1.38 bits per heavy atom. The van der Waals surface area contributed by atoms with Gasteiger partial charge in [0.1, 0.15) is 10.5 Å². The monoisotopic (exact) mass is 716 g/mol. The van der Waals surface area contributed by atoms with Crippen LogP contribution in [-0.4, -0.2) is 92.7 Å². The van der Waals surface area contributed by atoms with Crippen molar-refractivity contribution in [2.75, 3.05) is 13.1 Å². The van der Waals surface area contributed by atoms with E-state index in [4.69, 9.17) is 16.6 Å². The second-order valence-corrected chi connectivity index (χ2v) is 9.05. The minimum Gasteiger partial charge on any atom is -0.480 e. The minimum atomic E-state index is -1.66. The van der Waals surface area contributed by atoms with Crippen molar-refractivity contribution in [3.8, 4) is 0 Å². The molecule has 3 aliphatic heterocycles. The third-order valence-corrected chi connectivity index (χ3v) is 5.72. The zero-order valence-electron chi connectivity index (χ0n) is 17.6. The van der Waals surface area contributed by atoms with E-state index in [0.717, 1.165) is 18.2 Å². The zero-order chi connectivity index (χ0) is 27.9. The van der Waals surface area contributed by atoms with Crippen LogP contribution in [0.1, 0.15) is 7.43 Å². The van der Waals surface area contributed by atoms with Crippen LogP contribution in [0.15, 0.2) is 31.7 Å². The molecule has 0 fully saturated rings. The number of nitrogens with two attached hydrogens (primary N) is 2. The SMILES string of the molecule is C.NCC(N)C(=O)O.O=C(O)C(CN1C(=O)C=C(Br)C1=O)N1C(=O)C=C(Br)C1=O.O=C1C=C(Br)C(=O)O1. The van der Waals surface area contributed by atoms with Crippen LogP contribution in [0, 0.1) is 0 Å². The summed E-state index contributed by atoms with van der Waals surface area (Å²) in [7, 11) is 0. The van der Waals surface area contributed by atoms with Crippen LogP contribution in [0.25, 0.3) is 0 Å². The number of cyclic esters (lactones) is 2. The van der Waals surface area contributed by atoms with E-state index >= 15 is 0 Å². The number of amides is 4. The van der Waals surface area contributed by atoms with Crippen LogP contribution in [0.5, 0.6) is 0 Å². The Morgan fingerprint density at radius 3 is 1.62 bits per heavy atom. The molecule has 0 bridgehead atoms. The lowest BCUT2D eigenvalue weighted by molar-refractivity contribution is -0.156. The van der Waals surface area contributed by atoms with Crippen molar-refractivity contribution in [1.29, 1.82) is 0 Å². The average Bonchev–Trinajstić information content (AvgIpc) is 3.32. The van der Waals surface area contributed by atoms with Crippen molar-refractivity contribution in [2.45, 2.75) is 19.5 Å². The van der Waals surface area contributed by atoms with E-state index in [2.05, 4.69) is 52.5 Å². The van der Waals surface area contributed by atoms with Crippen molar-refractivity contribution in [3.63, 3.8) is 0 Å². The Kier molecular flexibility index (Phi) is 13.4. The third kappa shape index (κ3) is 9.08. The van der Waals surface area contributed by atoms with Crippen LogP contribution in [0.3, 0.4) is 0 Å². The molecule has 3 rings (SSSR count). The van der Waals surface area contributed by atoms with Crippen molar-refractivity contribution in [3.05, 3.63) is 31.7 Å². The maximum atomic E-state index is 11.8. The predicted octanol–water partition coefficient (Wildman–Crippen LogP) is -0.923. The molecule has 0 spiro atoms. The number of carboxylic acids is 2. The number of imide groups is 2. The second kappa shape index (κ2) is 14.6. The molecule has 0 aromatic rings. The summed E-state index contributed by atoms with van der Waals surface area (Å²) in [5.41, 5.74) is 9.76. The van der Waals surface area contributed by atoms with E-state index < -0.39 is 66.1 Å². The highest BCUT2D eigenvalue weighted by molar-refractivity contribution is 9.12. The van der Waals surface area contributed by atoms with Gasteiger partial charge in [-0.2, -0.15) is 0 Å². The molecule has 0 saturated carbocycles. The predicted molar refractivity (Wildman–Crippen MR) is 134 cm³/mol. The fourth-order valence-electron chi connectivity index (χ4n) is 2.28. The zero-order valence-corrected chi connectivity index (χ0v) is 22.3. The Balaban J connectivity index is 0.000000666. The van der Waals surface area contributed by atoms with E-state index in [1.807, 2.05) is 0 Å². The first kappa shape index (κ1) is 33.9. The molecule has 0 aromatic heterocycles. The number of ether oxygens (including phenoxy) is 1. The lowest BCUT2D eigenvalue weighted by Gasteiger charge is -2.26. The molecule has 15 nitrogen and oxygen atoms in total. The molecule has 3 aliphatic rings. The minimum absolute atomic E-state index is 0. The quantitative estimate of drug-likeness (QED) is 0.148. The third-order valence-electron chi connectivity index (χ3n) is 4.03. The number of nitrogens with zero attached hydrogens (tertiary/aromatic N) is 2. The van der Waals surface area contributed by atoms with Gasteiger partial charge in [0.05, 0.1) is 15.5 Å². The van der Waals surface area contributed by atoms with E-state index in [-0.39, 0.29) is 27.4 Å². The molecule has 202 valence electrons. The van der Waals surface area contributed by atoms with Gasteiger partial charge in [-0.3, -0.25) is 33.8 Å². The van der Waals surface area contributed by atoms with Crippen LogP contribution in [0.4, 0.5) is 0 Å². The number of carboxylic acid groups (broad SMARTS) is 2. The molecule has 0 aliphatic carbocycles. The smallest absolute Gasteiger partial charge is 0.353 e. The van der Waals surface area contributed by atoms with Gasteiger partial charge in [0.15, 0.2) is 6.04 Å². The Morgan fingerprint density at radius 1 is 0.865 bits per heavy atom. The number of hydrogen-bond donors (Lipinski definition) is 4. The van der Waals surface area contributed by atoms with Gasteiger partial charge in [-0.25, -0.2) is 14.4 Å². The molecular weight excluding hydrogens is 700 g/mol. The Labute approximate surface area is 233 Å². The number of carbonyl (C=O) groups is 8. The molecule has 2 unspecified atom stereocenters. The molecular formula is C19H19Br3N4O11. The lowest BCUT2D eigenvalue weighted by Crippen LogP contribution is -2.52. The molecule has 4 amide bonds. The molecule has 6 N–H and O–H groups in total. The molecule has 3 heterocycles. The fourth-order valence-corrected chi connectivity index (χ4v) is 3.34.